The highest BCUT2D eigenvalue weighted by Crippen LogP contribution is 2.17. The lowest BCUT2D eigenvalue weighted by molar-refractivity contribution is 0.0876. The molecule has 0 radical (unpaired) electrons. The number of pyridine rings is 1. The standard InChI is InChI=1S/C14H17N3O2/c18-14-16-12(8-11-3-5-15-6-4-11)9-17(14)10-13-2-1-7-19-13/h3-6,8,13H,1-2,7,9-10H2,(H,16,18)/b12-8-. The van der Waals surface area contributed by atoms with Crippen molar-refractivity contribution in [2.45, 2.75) is 18.9 Å². The zero-order chi connectivity index (χ0) is 13.1. The fourth-order valence-corrected chi connectivity index (χ4v) is 2.46. The van der Waals surface area contributed by atoms with Crippen LogP contribution in [0.5, 0.6) is 0 Å². The Bertz CT molecular complexity index is 481. The van der Waals surface area contributed by atoms with Gasteiger partial charge in [0.2, 0.25) is 0 Å². The van der Waals surface area contributed by atoms with Crippen LogP contribution in [0, 0.1) is 0 Å². The van der Waals surface area contributed by atoms with E-state index in [0.29, 0.717) is 13.1 Å². The van der Waals surface area contributed by atoms with Crippen molar-refractivity contribution in [2.75, 3.05) is 19.7 Å². The summed E-state index contributed by atoms with van der Waals surface area (Å²) >= 11 is 0. The van der Waals surface area contributed by atoms with Gasteiger partial charge in [-0.25, -0.2) is 4.79 Å². The van der Waals surface area contributed by atoms with Crippen LogP contribution in [0.2, 0.25) is 0 Å². The zero-order valence-electron chi connectivity index (χ0n) is 10.7. The Labute approximate surface area is 112 Å². The van der Waals surface area contributed by atoms with Gasteiger partial charge < -0.3 is 15.0 Å². The number of nitrogens with one attached hydrogen (secondary N) is 1. The molecule has 5 nitrogen and oxygen atoms in total. The second-order valence-corrected chi connectivity index (χ2v) is 4.90. The van der Waals surface area contributed by atoms with E-state index in [9.17, 15) is 4.79 Å². The molecular weight excluding hydrogens is 242 g/mol. The molecule has 0 spiro atoms. The monoisotopic (exact) mass is 259 g/mol. The van der Waals surface area contributed by atoms with Gasteiger partial charge in [-0.2, -0.15) is 0 Å². The molecule has 1 atom stereocenters. The maximum Gasteiger partial charge on any atom is 0.322 e. The van der Waals surface area contributed by atoms with E-state index in [0.717, 1.165) is 30.7 Å². The minimum Gasteiger partial charge on any atom is -0.376 e. The highest BCUT2D eigenvalue weighted by Gasteiger charge is 2.28. The molecule has 2 amide bonds. The molecule has 1 aromatic heterocycles. The summed E-state index contributed by atoms with van der Waals surface area (Å²) in [5.74, 6) is 0. The third-order valence-electron chi connectivity index (χ3n) is 3.41. The van der Waals surface area contributed by atoms with Crippen LogP contribution in [-0.2, 0) is 4.74 Å². The second kappa shape index (κ2) is 5.40. The fourth-order valence-electron chi connectivity index (χ4n) is 2.46. The average molecular weight is 259 g/mol. The predicted molar refractivity (Wildman–Crippen MR) is 71.3 cm³/mol. The molecule has 1 unspecified atom stereocenters. The van der Waals surface area contributed by atoms with E-state index in [1.165, 1.54) is 0 Å². The number of nitrogens with zero attached hydrogens (tertiary/aromatic N) is 2. The first kappa shape index (κ1) is 12.2. The number of hydrogen-bond donors (Lipinski definition) is 1. The normalized spacial score (nSPS) is 25.1. The molecule has 2 aliphatic rings. The van der Waals surface area contributed by atoms with Gasteiger partial charge in [0.25, 0.3) is 0 Å². The first-order chi connectivity index (χ1) is 9.31. The molecule has 3 rings (SSSR count). The van der Waals surface area contributed by atoms with Gasteiger partial charge in [-0.05, 0) is 36.6 Å². The van der Waals surface area contributed by atoms with E-state index < -0.39 is 0 Å². The molecule has 3 heterocycles. The van der Waals surface area contributed by atoms with Gasteiger partial charge >= 0.3 is 6.03 Å². The van der Waals surface area contributed by atoms with Crippen LogP contribution in [0.3, 0.4) is 0 Å². The molecule has 0 bridgehead atoms. The Hall–Kier alpha value is -1.88. The van der Waals surface area contributed by atoms with Gasteiger partial charge in [0, 0.05) is 31.2 Å². The number of hydrogen-bond acceptors (Lipinski definition) is 3. The molecule has 1 aromatic rings. The summed E-state index contributed by atoms with van der Waals surface area (Å²) in [5, 5.41) is 2.90. The van der Waals surface area contributed by atoms with Gasteiger partial charge in [0.1, 0.15) is 0 Å². The van der Waals surface area contributed by atoms with Crippen LogP contribution in [0.25, 0.3) is 6.08 Å². The van der Waals surface area contributed by atoms with E-state index in [2.05, 4.69) is 10.3 Å². The summed E-state index contributed by atoms with van der Waals surface area (Å²) in [7, 11) is 0. The van der Waals surface area contributed by atoms with Crippen molar-refractivity contribution in [3.63, 3.8) is 0 Å². The van der Waals surface area contributed by atoms with Crippen LogP contribution in [0.4, 0.5) is 4.79 Å². The molecular formula is C14H17N3O2. The largest absolute Gasteiger partial charge is 0.376 e. The van der Waals surface area contributed by atoms with Crippen molar-refractivity contribution in [1.82, 2.24) is 15.2 Å². The number of aromatic nitrogens is 1. The van der Waals surface area contributed by atoms with Crippen molar-refractivity contribution < 1.29 is 9.53 Å². The average Bonchev–Trinajstić information content (AvgIpc) is 3.02. The number of amides is 2. The molecule has 2 fully saturated rings. The molecule has 0 aliphatic carbocycles. The van der Waals surface area contributed by atoms with Crippen LogP contribution >= 0.6 is 0 Å². The second-order valence-electron chi connectivity index (χ2n) is 4.90. The van der Waals surface area contributed by atoms with Crippen LogP contribution < -0.4 is 5.32 Å². The van der Waals surface area contributed by atoms with E-state index in [1.807, 2.05) is 23.1 Å². The van der Waals surface area contributed by atoms with Crippen LogP contribution in [0.15, 0.2) is 30.2 Å². The summed E-state index contributed by atoms with van der Waals surface area (Å²) < 4.78 is 5.57. The minimum absolute atomic E-state index is 0.0317. The maximum atomic E-state index is 11.9. The van der Waals surface area contributed by atoms with E-state index >= 15 is 0 Å². The molecule has 2 aliphatic heterocycles. The van der Waals surface area contributed by atoms with Gasteiger partial charge in [0.15, 0.2) is 0 Å². The van der Waals surface area contributed by atoms with Gasteiger partial charge in [-0.1, -0.05) is 0 Å². The number of urea groups is 1. The third kappa shape index (κ3) is 2.93. The van der Waals surface area contributed by atoms with Gasteiger partial charge in [-0.15, -0.1) is 0 Å². The summed E-state index contributed by atoms with van der Waals surface area (Å²) in [6.07, 6.45) is 7.81. The summed E-state index contributed by atoms with van der Waals surface area (Å²) in [4.78, 5) is 17.7. The molecule has 0 saturated carbocycles. The Balaban J connectivity index is 1.64. The summed E-state index contributed by atoms with van der Waals surface area (Å²) in [6, 6.07) is 3.81. The highest BCUT2D eigenvalue weighted by molar-refractivity contribution is 5.81. The number of rotatable bonds is 3. The zero-order valence-corrected chi connectivity index (χ0v) is 10.7. The topological polar surface area (TPSA) is 54.5 Å². The number of carbonyl (C=O) groups is 1. The smallest absolute Gasteiger partial charge is 0.322 e. The molecule has 19 heavy (non-hydrogen) atoms. The van der Waals surface area contributed by atoms with Crippen LogP contribution in [-0.4, -0.2) is 41.7 Å². The SMILES string of the molecule is O=C1N/C(=C\c2ccncc2)CN1CC1CCCO1. The van der Waals surface area contributed by atoms with Crippen molar-refractivity contribution in [1.29, 1.82) is 0 Å². The number of ether oxygens (including phenoxy) is 1. The van der Waals surface area contributed by atoms with Crippen molar-refractivity contribution >= 4 is 12.1 Å². The Morgan fingerprint density at radius 2 is 2.32 bits per heavy atom. The summed E-state index contributed by atoms with van der Waals surface area (Å²) in [6.45, 7) is 2.13. The summed E-state index contributed by atoms with van der Waals surface area (Å²) in [5.41, 5.74) is 1.97. The molecule has 0 aromatic carbocycles. The molecule has 1 N–H and O–H groups in total. The number of carbonyl (C=O) groups excluding carboxylic acids is 1. The Kier molecular flexibility index (Phi) is 3.46. The van der Waals surface area contributed by atoms with Crippen molar-refractivity contribution in [2.24, 2.45) is 0 Å². The lowest BCUT2D eigenvalue weighted by Crippen LogP contribution is -2.34. The van der Waals surface area contributed by atoms with E-state index in [1.54, 1.807) is 12.4 Å². The first-order valence-corrected chi connectivity index (χ1v) is 6.59. The third-order valence-corrected chi connectivity index (χ3v) is 3.41. The van der Waals surface area contributed by atoms with E-state index in [4.69, 9.17) is 4.74 Å². The van der Waals surface area contributed by atoms with Crippen molar-refractivity contribution in [3.05, 3.63) is 35.8 Å². The Morgan fingerprint density at radius 1 is 1.47 bits per heavy atom. The Morgan fingerprint density at radius 3 is 3.05 bits per heavy atom. The van der Waals surface area contributed by atoms with Crippen molar-refractivity contribution in [3.8, 4) is 0 Å². The van der Waals surface area contributed by atoms with Gasteiger partial charge in [-0.3, -0.25) is 4.98 Å². The fraction of sp³-hybridized carbons (Fsp3) is 0.429. The molecule has 2 saturated heterocycles. The molecule has 5 heteroatoms. The lowest BCUT2D eigenvalue weighted by Gasteiger charge is -2.17. The van der Waals surface area contributed by atoms with E-state index in [-0.39, 0.29) is 12.1 Å². The quantitative estimate of drug-likeness (QED) is 0.897. The molecule has 100 valence electrons. The first-order valence-electron chi connectivity index (χ1n) is 6.59. The predicted octanol–water partition coefficient (Wildman–Crippen LogP) is 1.63. The van der Waals surface area contributed by atoms with Crippen LogP contribution in [0.1, 0.15) is 18.4 Å². The maximum absolute atomic E-state index is 11.9. The lowest BCUT2D eigenvalue weighted by atomic mass is 10.2. The van der Waals surface area contributed by atoms with Gasteiger partial charge in [0.05, 0.1) is 12.6 Å². The highest BCUT2D eigenvalue weighted by atomic mass is 16.5. The minimum atomic E-state index is -0.0317.